The van der Waals surface area contributed by atoms with Gasteiger partial charge in [-0.1, -0.05) is 37.3 Å². The van der Waals surface area contributed by atoms with Crippen LogP contribution in [0.15, 0.2) is 72.8 Å². The van der Waals surface area contributed by atoms with Crippen LogP contribution in [0.25, 0.3) is 10.9 Å². The van der Waals surface area contributed by atoms with Crippen molar-refractivity contribution in [3.05, 3.63) is 107 Å². The first-order chi connectivity index (χ1) is 19.3. The van der Waals surface area contributed by atoms with Crippen LogP contribution in [0.4, 0.5) is 13.2 Å². The predicted molar refractivity (Wildman–Crippen MR) is 150 cm³/mol. The molecule has 0 radical (unpaired) electrons. The molecule has 2 N–H and O–H groups in total. The molecular formula is C31H33F3N4O2. The molecule has 0 aliphatic heterocycles. The van der Waals surface area contributed by atoms with Crippen molar-refractivity contribution in [2.75, 3.05) is 33.8 Å². The Hall–Kier alpha value is -4.11. The van der Waals surface area contributed by atoms with E-state index in [1.54, 1.807) is 32.3 Å². The van der Waals surface area contributed by atoms with Gasteiger partial charge in [-0.05, 0) is 53.9 Å². The van der Waals surface area contributed by atoms with E-state index in [1.807, 2.05) is 37.3 Å². The molecule has 0 fully saturated rings. The van der Waals surface area contributed by atoms with Crippen LogP contribution in [0.2, 0.25) is 0 Å². The largest absolute Gasteiger partial charge is 0.492 e. The van der Waals surface area contributed by atoms with Crippen molar-refractivity contribution in [1.82, 2.24) is 20.4 Å². The molecular weight excluding hydrogens is 517 g/mol. The predicted octanol–water partition coefficient (Wildman–Crippen LogP) is 5.92. The first kappa shape index (κ1) is 28.9. The molecule has 2 unspecified atom stereocenters. The molecule has 40 heavy (non-hydrogen) atoms. The summed E-state index contributed by atoms with van der Waals surface area (Å²) in [5.41, 5.74) is 2.03. The zero-order chi connectivity index (χ0) is 28.6. The second-order valence-electron chi connectivity index (χ2n) is 9.70. The maximum absolute atomic E-state index is 15.0. The summed E-state index contributed by atoms with van der Waals surface area (Å²) in [7, 11) is 3.39. The van der Waals surface area contributed by atoms with Gasteiger partial charge in [0.1, 0.15) is 24.0 Å². The van der Waals surface area contributed by atoms with E-state index in [4.69, 9.17) is 4.74 Å². The maximum atomic E-state index is 15.0. The number of hydrogen-bond donors (Lipinski definition) is 2. The van der Waals surface area contributed by atoms with E-state index in [0.717, 1.165) is 11.1 Å². The Bertz CT molecular complexity index is 1450. The van der Waals surface area contributed by atoms with Crippen LogP contribution in [-0.4, -0.2) is 54.8 Å². The Morgan fingerprint density at radius 1 is 1.05 bits per heavy atom. The zero-order valence-corrected chi connectivity index (χ0v) is 22.8. The molecule has 4 rings (SSSR count). The number of halogens is 3. The van der Waals surface area contributed by atoms with E-state index in [1.165, 1.54) is 29.2 Å². The molecule has 9 heteroatoms. The molecule has 0 aliphatic rings. The number of rotatable bonds is 12. The number of aromatic amines is 1. The van der Waals surface area contributed by atoms with E-state index in [2.05, 4.69) is 15.5 Å². The number of amides is 1. The smallest absolute Gasteiger partial charge is 0.245 e. The van der Waals surface area contributed by atoms with Crippen molar-refractivity contribution in [2.24, 2.45) is 0 Å². The van der Waals surface area contributed by atoms with E-state index in [-0.39, 0.29) is 11.5 Å². The fourth-order valence-electron chi connectivity index (χ4n) is 4.83. The number of H-pyrrole nitrogens is 1. The van der Waals surface area contributed by atoms with Crippen molar-refractivity contribution in [3.8, 4) is 5.75 Å². The summed E-state index contributed by atoms with van der Waals surface area (Å²) < 4.78 is 50.2. The maximum Gasteiger partial charge on any atom is 0.245 e. The average molecular weight is 551 g/mol. The summed E-state index contributed by atoms with van der Waals surface area (Å²) in [5, 5.41) is 9.80. The molecule has 1 heterocycles. The SMILES string of the molecule is CCC(c1c(F)cccc1F)C(c1ccc(OCCNC/C=C/C(=O)N(C)C)cc1)c1ccc2n[nH]c(F)c2c1. The van der Waals surface area contributed by atoms with Gasteiger partial charge in [-0.15, -0.1) is 0 Å². The number of aromatic nitrogens is 2. The molecule has 4 aromatic rings. The number of likely N-dealkylation sites (N-methyl/N-ethyl adjacent to an activating group) is 1. The van der Waals surface area contributed by atoms with Crippen LogP contribution in [0.5, 0.6) is 5.75 Å². The third-order valence-electron chi connectivity index (χ3n) is 6.85. The molecule has 0 bridgehead atoms. The molecule has 0 saturated carbocycles. The van der Waals surface area contributed by atoms with Crippen LogP contribution in [0.1, 0.15) is 41.9 Å². The number of carbonyl (C=O) groups excluding carboxylic acids is 1. The fraction of sp³-hybridized carbons (Fsp3) is 0.290. The highest BCUT2D eigenvalue weighted by Crippen LogP contribution is 2.43. The third kappa shape index (κ3) is 6.71. The van der Waals surface area contributed by atoms with E-state index < -0.39 is 29.4 Å². The number of nitrogens with zero attached hydrogens (tertiary/aromatic N) is 2. The van der Waals surface area contributed by atoms with E-state index in [9.17, 15) is 18.0 Å². The van der Waals surface area contributed by atoms with Gasteiger partial charge in [0.2, 0.25) is 11.9 Å². The molecule has 210 valence electrons. The third-order valence-corrected chi connectivity index (χ3v) is 6.85. The standard InChI is InChI=1S/C31H33F3N4O2/c1-4-23(30-25(32)7-5-8-26(30)33)29(21-12-15-27-24(19-21)31(34)37-36-27)20-10-13-22(14-11-20)40-18-17-35-16-6-9-28(39)38(2)3/h5-15,19,23,29,35H,4,16-18H2,1-3H3,(H,36,37)/b9-6+. The van der Waals surface area contributed by atoms with Gasteiger partial charge in [-0.25, -0.2) is 8.78 Å². The first-order valence-electron chi connectivity index (χ1n) is 13.2. The summed E-state index contributed by atoms with van der Waals surface area (Å²) in [6, 6.07) is 16.5. The van der Waals surface area contributed by atoms with Crippen molar-refractivity contribution < 1.29 is 22.7 Å². The summed E-state index contributed by atoms with van der Waals surface area (Å²) in [6.07, 6.45) is 3.72. The summed E-state index contributed by atoms with van der Waals surface area (Å²) in [4.78, 5) is 13.0. The molecule has 6 nitrogen and oxygen atoms in total. The van der Waals surface area contributed by atoms with E-state index >= 15 is 0 Å². The Labute approximate surface area is 231 Å². The van der Waals surface area contributed by atoms with E-state index in [0.29, 0.717) is 42.8 Å². The van der Waals surface area contributed by atoms with Gasteiger partial charge in [-0.3, -0.25) is 9.89 Å². The van der Waals surface area contributed by atoms with Crippen LogP contribution in [0, 0.1) is 17.6 Å². The lowest BCUT2D eigenvalue weighted by atomic mass is 9.75. The summed E-state index contributed by atoms with van der Waals surface area (Å²) in [5.74, 6) is -2.21. The minimum atomic E-state index is -0.610. The number of ether oxygens (including phenoxy) is 1. The Kier molecular flexibility index (Phi) is 9.60. The van der Waals surface area contributed by atoms with Gasteiger partial charge in [0.05, 0.1) is 10.9 Å². The number of nitrogens with one attached hydrogen (secondary N) is 2. The molecule has 0 spiro atoms. The molecule has 0 saturated heterocycles. The van der Waals surface area contributed by atoms with Gasteiger partial charge in [-0.2, -0.15) is 9.49 Å². The molecule has 0 aliphatic carbocycles. The highest BCUT2D eigenvalue weighted by Gasteiger charge is 2.30. The highest BCUT2D eigenvalue weighted by atomic mass is 19.1. The second-order valence-corrected chi connectivity index (χ2v) is 9.70. The summed E-state index contributed by atoms with van der Waals surface area (Å²) >= 11 is 0. The van der Waals surface area contributed by atoms with Gasteiger partial charge in [0.15, 0.2) is 0 Å². The van der Waals surface area contributed by atoms with Gasteiger partial charge in [0, 0.05) is 50.7 Å². The van der Waals surface area contributed by atoms with Gasteiger partial charge in [0.25, 0.3) is 0 Å². The number of carbonyl (C=O) groups is 1. The van der Waals surface area contributed by atoms with Gasteiger partial charge >= 0.3 is 0 Å². The molecule has 2 atom stereocenters. The van der Waals surface area contributed by atoms with Crippen molar-refractivity contribution >= 4 is 16.8 Å². The van der Waals surface area contributed by atoms with Gasteiger partial charge < -0.3 is 15.0 Å². The average Bonchev–Trinajstić information content (AvgIpc) is 3.32. The van der Waals surface area contributed by atoms with Crippen LogP contribution in [0.3, 0.4) is 0 Å². The van der Waals surface area contributed by atoms with Crippen LogP contribution < -0.4 is 10.1 Å². The molecule has 3 aromatic carbocycles. The Morgan fingerprint density at radius 2 is 1.75 bits per heavy atom. The van der Waals surface area contributed by atoms with Crippen molar-refractivity contribution in [3.63, 3.8) is 0 Å². The Balaban J connectivity index is 1.54. The van der Waals surface area contributed by atoms with Crippen molar-refractivity contribution in [2.45, 2.75) is 25.2 Å². The fourth-order valence-corrected chi connectivity index (χ4v) is 4.83. The van der Waals surface area contributed by atoms with Crippen LogP contribution >= 0.6 is 0 Å². The normalized spacial score (nSPS) is 13.1. The first-order valence-corrected chi connectivity index (χ1v) is 13.2. The zero-order valence-electron chi connectivity index (χ0n) is 22.8. The lowest BCUT2D eigenvalue weighted by Gasteiger charge is -2.29. The lowest BCUT2D eigenvalue weighted by molar-refractivity contribution is -0.123. The number of benzene rings is 3. The number of hydrogen-bond acceptors (Lipinski definition) is 4. The lowest BCUT2D eigenvalue weighted by Crippen LogP contribution is -2.22. The quantitative estimate of drug-likeness (QED) is 0.170. The minimum Gasteiger partial charge on any atom is -0.492 e. The molecule has 1 amide bonds. The topological polar surface area (TPSA) is 70.2 Å². The molecule has 1 aromatic heterocycles. The minimum absolute atomic E-state index is 0.00972. The van der Waals surface area contributed by atoms with Crippen molar-refractivity contribution in [1.29, 1.82) is 0 Å². The monoisotopic (exact) mass is 550 g/mol. The second kappa shape index (κ2) is 13.3. The highest BCUT2D eigenvalue weighted by molar-refractivity contribution is 5.87. The Morgan fingerprint density at radius 3 is 2.42 bits per heavy atom. The number of fused-ring (bicyclic) bond motifs is 1. The summed E-state index contributed by atoms with van der Waals surface area (Å²) in [6.45, 7) is 3.41. The van der Waals surface area contributed by atoms with Crippen LogP contribution in [-0.2, 0) is 4.79 Å².